The van der Waals surface area contributed by atoms with Crippen LogP contribution in [0.4, 0.5) is 0 Å². The molecule has 5 nitrogen and oxygen atoms in total. The first-order valence-electron chi connectivity index (χ1n) is 9.43. The number of benzene rings is 2. The van der Waals surface area contributed by atoms with Crippen LogP contribution in [-0.4, -0.2) is 42.3 Å². The Morgan fingerprint density at radius 1 is 1.21 bits per heavy atom. The smallest absolute Gasteiger partial charge is 0.127 e. The standard InChI is InChI=1S/C23H28N4O/c1-17-7-5-6-8-20(17)14-24-18(2)19-9-10-22(21-15-25-26-16-21)23(13-19)28-12-11-27(3)4/h5-10,13,15-16,24H,2,11-12,14H2,1,3-4H3,(H,25,26). The molecule has 28 heavy (non-hydrogen) atoms. The molecule has 3 aromatic rings. The molecule has 3 rings (SSSR count). The van der Waals surface area contributed by atoms with Gasteiger partial charge in [-0.25, -0.2) is 0 Å². The van der Waals surface area contributed by atoms with Crippen LogP contribution in [0.2, 0.25) is 0 Å². The van der Waals surface area contributed by atoms with Gasteiger partial charge in [0.15, 0.2) is 0 Å². The molecule has 2 aromatic carbocycles. The summed E-state index contributed by atoms with van der Waals surface area (Å²) in [5.41, 5.74) is 6.44. The molecular weight excluding hydrogens is 348 g/mol. The third kappa shape index (κ3) is 5.02. The summed E-state index contributed by atoms with van der Waals surface area (Å²) in [5.74, 6) is 0.833. The fourth-order valence-corrected chi connectivity index (χ4v) is 2.92. The summed E-state index contributed by atoms with van der Waals surface area (Å²) in [6.07, 6.45) is 3.68. The average Bonchev–Trinajstić information content (AvgIpc) is 3.21. The van der Waals surface area contributed by atoms with E-state index < -0.39 is 0 Å². The number of hydrogen-bond acceptors (Lipinski definition) is 4. The number of aromatic amines is 1. The molecule has 1 aromatic heterocycles. The zero-order valence-electron chi connectivity index (χ0n) is 16.8. The van der Waals surface area contributed by atoms with Gasteiger partial charge in [-0.15, -0.1) is 0 Å². The first-order valence-corrected chi connectivity index (χ1v) is 9.43. The molecule has 0 radical (unpaired) electrons. The Bertz CT molecular complexity index is 916. The van der Waals surface area contributed by atoms with E-state index in [4.69, 9.17) is 4.74 Å². The summed E-state index contributed by atoms with van der Waals surface area (Å²) in [7, 11) is 4.07. The second-order valence-corrected chi connectivity index (χ2v) is 7.11. The molecule has 2 N–H and O–H groups in total. The zero-order chi connectivity index (χ0) is 19.9. The number of hydrogen-bond donors (Lipinski definition) is 2. The number of nitrogens with one attached hydrogen (secondary N) is 2. The van der Waals surface area contributed by atoms with Crippen molar-refractivity contribution in [1.29, 1.82) is 0 Å². The summed E-state index contributed by atoms with van der Waals surface area (Å²) >= 11 is 0. The van der Waals surface area contributed by atoms with Crippen LogP contribution in [0, 0.1) is 6.92 Å². The molecule has 0 atom stereocenters. The monoisotopic (exact) mass is 376 g/mol. The van der Waals surface area contributed by atoms with Crippen LogP contribution in [0.3, 0.4) is 0 Å². The predicted octanol–water partition coefficient (Wildman–Crippen LogP) is 4.09. The van der Waals surface area contributed by atoms with Crippen molar-refractivity contribution in [2.45, 2.75) is 13.5 Å². The molecule has 0 saturated carbocycles. The molecule has 5 heteroatoms. The molecule has 0 aliphatic carbocycles. The minimum absolute atomic E-state index is 0.615. The second kappa shape index (κ2) is 9.24. The van der Waals surface area contributed by atoms with Crippen molar-refractivity contribution >= 4 is 5.70 Å². The highest BCUT2D eigenvalue weighted by Crippen LogP contribution is 2.32. The van der Waals surface area contributed by atoms with E-state index in [0.717, 1.165) is 41.2 Å². The number of H-pyrrole nitrogens is 1. The summed E-state index contributed by atoms with van der Waals surface area (Å²) in [6, 6.07) is 14.5. The maximum absolute atomic E-state index is 6.09. The Labute approximate surface area is 167 Å². The molecule has 0 unspecified atom stereocenters. The van der Waals surface area contributed by atoms with Gasteiger partial charge >= 0.3 is 0 Å². The highest BCUT2D eigenvalue weighted by atomic mass is 16.5. The number of likely N-dealkylation sites (N-methyl/N-ethyl adjacent to an activating group) is 1. The molecule has 0 bridgehead atoms. The lowest BCUT2D eigenvalue weighted by Crippen LogP contribution is -2.19. The minimum atomic E-state index is 0.615. The second-order valence-electron chi connectivity index (χ2n) is 7.11. The normalized spacial score (nSPS) is 10.9. The van der Waals surface area contributed by atoms with Gasteiger partial charge in [0, 0.05) is 41.7 Å². The van der Waals surface area contributed by atoms with Crippen molar-refractivity contribution in [3.8, 4) is 16.9 Å². The van der Waals surface area contributed by atoms with E-state index in [2.05, 4.69) is 70.3 Å². The topological polar surface area (TPSA) is 53.2 Å². The quantitative estimate of drug-likeness (QED) is 0.591. The fourth-order valence-electron chi connectivity index (χ4n) is 2.92. The number of rotatable bonds is 9. The van der Waals surface area contributed by atoms with Gasteiger partial charge in [-0.3, -0.25) is 5.10 Å². The zero-order valence-corrected chi connectivity index (χ0v) is 16.8. The largest absolute Gasteiger partial charge is 0.492 e. The van der Waals surface area contributed by atoms with Crippen LogP contribution in [0.15, 0.2) is 61.4 Å². The lowest BCUT2D eigenvalue weighted by Gasteiger charge is -2.16. The Morgan fingerprint density at radius 3 is 2.75 bits per heavy atom. The van der Waals surface area contributed by atoms with Crippen LogP contribution < -0.4 is 10.1 Å². The van der Waals surface area contributed by atoms with Gasteiger partial charge < -0.3 is 15.0 Å². The molecule has 0 aliphatic heterocycles. The Hall–Kier alpha value is -3.05. The molecule has 146 valence electrons. The van der Waals surface area contributed by atoms with E-state index in [-0.39, 0.29) is 0 Å². The van der Waals surface area contributed by atoms with Crippen molar-refractivity contribution < 1.29 is 4.74 Å². The number of aromatic nitrogens is 2. The summed E-state index contributed by atoms with van der Waals surface area (Å²) in [6.45, 7) is 8.55. The first kappa shape index (κ1) is 19.7. The number of aryl methyl sites for hydroxylation is 1. The van der Waals surface area contributed by atoms with E-state index >= 15 is 0 Å². The van der Waals surface area contributed by atoms with Gasteiger partial charge in [0.25, 0.3) is 0 Å². The van der Waals surface area contributed by atoms with E-state index in [1.807, 2.05) is 26.4 Å². The SMILES string of the molecule is C=C(NCc1ccccc1C)c1ccc(-c2cn[nH]c2)c(OCCN(C)C)c1. The van der Waals surface area contributed by atoms with E-state index in [0.29, 0.717) is 6.61 Å². The molecule has 0 aliphatic rings. The molecule has 0 spiro atoms. The minimum Gasteiger partial charge on any atom is -0.492 e. The molecule has 1 heterocycles. The van der Waals surface area contributed by atoms with Crippen LogP contribution >= 0.6 is 0 Å². The predicted molar refractivity (Wildman–Crippen MR) is 115 cm³/mol. The van der Waals surface area contributed by atoms with Crippen molar-refractivity contribution in [3.05, 3.63) is 78.1 Å². The Morgan fingerprint density at radius 2 is 2.04 bits per heavy atom. The third-order valence-corrected chi connectivity index (χ3v) is 4.69. The molecule has 0 amide bonds. The maximum Gasteiger partial charge on any atom is 0.127 e. The van der Waals surface area contributed by atoms with Gasteiger partial charge in [0.05, 0.1) is 6.20 Å². The van der Waals surface area contributed by atoms with Gasteiger partial charge in [0.1, 0.15) is 12.4 Å². The Balaban J connectivity index is 1.77. The molecular formula is C23H28N4O. The van der Waals surface area contributed by atoms with Gasteiger partial charge in [-0.1, -0.05) is 36.9 Å². The highest BCUT2D eigenvalue weighted by Gasteiger charge is 2.11. The van der Waals surface area contributed by atoms with Crippen molar-refractivity contribution in [1.82, 2.24) is 20.4 Å². The fraction of sp³-hybridized carbons (Fsp3) is 0.261. The summed E-state index contributed by atoms with van der Waals surface area (Å²) in [4.78, 5) is 2.10. The lowest BCUT2D eigenvalue weighted by atomic mass is 10.0. The van der Waals surface area contributed by atoms with Crippen molar-refractivity contribution in [2.24, 2.45) is 0 Å². The third-order valence-electron chi connectivity index (χ3n) is 4.69. The molecule has 0 saturated heterocycles. The van der Waals surface area contributed by atoms with E-state index in [1.165, 1.54) is 11.1 Å². The summed E-state index contributed by atoms with van der Waals surface area (Å²) < 4.78 is 6.09. The van der Waals surface area contributed by atoms with Crippen molar-refractivity contribution in [2.75, 3.05) is 27.2 Å². The number of nitrogens with zero attached hydrogens (tertiary/aromatic N) is 2. The van der Waals surface area contributed by atoms with Gasteiger partial charge in [-0.2, -0.15) is 5.10 Å². The average molecular weight is 377 g/mol. The van der Waals surface area contributed by atoms with Crippen LogP contribution in [-0.2, 0) is 6.54 Å². The van der Waals surface area contributed by atoms with Gasteiger partial charge in [0.2, 0.25) is 0 Å². The van der Waals surface area contributed by atoms with E-state index in [9.17, 15) is 0 Å². The Kier molecular flexibility index (Phi) is 6.50. The lowest BCUT2D eigenvalue weighted by molar-refractivity contribution is 0.262. The summed E-state index contributed by atoms with van der Waals surface area (Å²) in [5, 5.41) is 10.4. The van der Waals surface area contributed by atoms with Gasteiger partial charge in [-0.05, 0) is 44.3 Å². The molecule has 0 fully saturated rings. The maximum atomic E-state index is 6.09. The number of ether oxygens (including phenoxy) is 1. The van der Waals surface area contributed by atoms with Crippen molar-refractivity contribution in [3.63, 3.8) is 0 Å². The van der Waals surface area contributed by atoms with E-state index in [1.54, 1.807) is 6.20 Å². The van der Waals surface area contributed by atoms with Crippen LogP contribution in [0.25, 0.3) is 16.8 Å². The highest BCUT2D eigenvalue weighted by molar-refractivity contribution is 5.74. The first-order chi connectivity index (χ1) is 13.5. The van der Waals surface area contributed by atoms with Crippen LogP contribution in [0.1, 0.15) is 16.7 Å². The van der Waals surface area contributed by atoms with Crippen LogP contribution in [0.5, 0.6) is 5.75 Å².